The van der Waals surface area contributed by atoms with E-state index in [1.165, 1.54) is 12.8 Å². The van der Waals surface area contributed by atoms with Gasteiger partial charge in [-0.25, -0.2) is 0 Å². The fourth-order valence-corrected chi connectivity index (χ4v) is 3.88. The molecule has 1 aromatic carbocycles. The molecule has 0 bridgehead atoms. The Hall–Kier alpha value is -1.69. The molecule has 0 aliphatic heterocycles. The van der Waals surface area contributed by atoms with Crippen molar-refractivity contribution in [1.29, 1.82) is 0 Å². The van der Waals surface area contributed by atoms with E-state index in [2.05, 4.69) is 5.32 Å². The van der Waals surface area contributed by atoms with E-state index < -0.39 is 16.7 Å². The van der Waals surface area contributed by atoms with Crippen molar-refractivity contribution in [3.05, 3.63) is 35.4 Å². The summed E-state index contributed by atoms with van der Waals surface area (Å²) in [5.74, 6) is -0.296. The second-order valence-electron chi connectivity index (χ2n) is 6.05. The lowest BCUT2D eigenvalue weighted by atomic mass is 10.1. The molecule has 126 valence electrons. The van der Waals surface area contributed by atoms with Gasteiger partial charge in [-0.05, 0) is 30.5 Å². The molecule has 23 heavy (non-hydrogen) atoms. The number of nitrogens with two attached hydrogens (primary N) is 1. The van der Waals surface area contributed by atoms with Crippen molar-refractivity contribution in [3.8, 4) is 0 Å². The van der Waals surface area contributed by atoms with Crippen LogP contribution in [0.3, 0.4) is 0 Å². The summed E-state index contributed by atoms with van der Waals surface area (Å²) in [5.41, 5.74) is 6.43. The van der Waals surface area contributed by atoms with E-state index in [4.69, 9.17) is 5.73 Å². The highest BCUT2D eigenvalue weighted by Gasteiger charge is 2.16. The second-order valence-corrected chi connectivity index (χ2v) is 7.50. The van der Waals surface area contributed by atoms with Gasteiger partial charge in [-0.3, -0.25) is 13.8 Å². The Morgan fingerprint density at radius 3 is 2.26 bits per heavy atom. The summed E-state index contributed by atoms with van der Waals surface area (Å²) in [6, 6.07) is 6.90. The molecule has 1 aliphatic carbocycles. The second kappa shape index (κ2) is 8.82. The lowest BCUT2D eigenvalue weighted by molar-refractivity contribution is -0.119. The van der Waals surface area contributed by atoms with Crippen molar-refractivity contribution < 1.29 is 13.8 Å². The van der Waals surface area contributed by atoms with Gasteiger partial charge in [0.2, 0.25) is 11.8 Å². The van der Waals surface area contributed by atoms with Crippen LogP contribution in [0.1, 0.15) is 54.4 Å². The van der Waals surface area contributed by atoms with E-state index in [9.17, 15) is 13.8 Å². The van der Waals surface area contributed by atoms with Crippen LogP contribution in [0.2, 0.25) is 0 Å². The number of primary amides is 1. The molecule has 0 radical (unpaired) electrons. The molecule has 0 saturated heterocycles. The standard InChI is InChI=1S/C17H24N2O3S/c18-17(21)14-9-7-13(8-10-14)11-23(22)12-16(20)19-15-5-3-1-2-4-6-15/h7-10,15H,1-6,11-12H2,(H2,18,21)(H,19,20)/t23-/m1/s1. The first-order valence-corrected chi connectivity index (χ1v) is 9.56. The van der Waals surface area contributed by atoms with Gasteiger partial charge >= 0.3 is 0 Å². The Kier molecular flexibility index (Phi) is 6.77. The van der Waals surface area contributed by atoms with Gasteiger partial charge in [0.15, 0.2) is 0 Å². The number of amides is 2. The zero-order valence-electron chi connectivity index (χ0n) is 13.3. The minimum absolute atomic E-state index is 0.0219. The highest BCUT2D eigenvalue weighted by Crippen LogP contribution is 2.17. The molecule has 0 aromatic heterocycles. The lowest BCUT2D eigenvalue weighted by Crippen LogP contribution is -2.37. The quantitative estimate of drug-likeness (QED) is 0.777. The number of nitrogens with one attached hydrogen (secondary N) is 1. The Morgan fingerprint density at radius 2 is 1.70 bits per heavy atom. The summed E-state index contributed by atoms with van der Waals surface area (Å²) < 4.78 is 12.1. The molecule has 1 aromatic rings. The van der Waals surface area contributed by atoms with Gasteiger partial charge in [-0.1, -0.05) is 37.8 Å². The van der Waals surface area contributed by atoms with Gasteiger partial charge in [0.1, 0.15) is 5.75 Å². The van der Waals surface area contributed by atoms with Gasteiger partial charge in [0, 0.05) is 28.2 Å². The predicted octanol–water partition coefficient (Wildman–Crippen LogP) is 1.87. The molecule has 5 nitrogen and oxygen atoms in total. The van der Waals surface area contributed by atoms with Gasteiger partial charge in [-0.2, -0.15) is 0 Å². The minimum Gasteiger partial charge on any atom is -0.366 e. The molecule has 1 saturated carbocycles. The Bertz CT molecular complexity index is 564. The molecule has 6 heteroatoms. The van der Waals surface area contributed by atoms with E-state index >= 15 is 0 Å². The zero-order chi connectivity index (χ0) is 16.7. The number of rotatable bonds is 6. The Labute approximate surface area is 139 Å². The van der Waals surface area contributed by atoms with Crippen LogP contribution in [0.4, 0.5) is 0 Å². The van der Waals surface area contributed by atoms with Crippen molar-refractivity contribution in [2.75, 3.05) is 5.75 Å². The number of carbonyl (C=O) groups is 2. The third kappa shape index (κ3) is 6.14. The first-order chi connectivity index (χ1) is 11.0. The van der Waals surface area contributed by atoms with Gasteiger partial charge in [0.05, 0.1) is 0 Å². The number of hydrogen-bond donors (Lipinski definition) is 2. The normalized spacial score (nSPS) is 17.2. The Balaban J connectivity index is 1.79. The van der Waals surface area contributed by atoms with E-state index in [0.29, 0.717) is 11.3 Å². The van der Waals surface area contributed by atoms with E-state index in [1.54, 1.807) is 24.3 Å². The molecule has 1 atom stereocenters. The van der Waals surface area contributed by atoms with Gasteiger partial charge in [0.25, 0.3) is 0 Å². The van der Waals surface area contributed by atoms with Crippen LogP contribution >= 0.6 is 0 Å². The van der Waals surface area contributed by atoms with Crippen LogP contribution in [0.25, 0.3) is 0 Å². The molecule has 0 spiro atoms. The highest BCUT2D eigenvalue weighted by molar-refractivity contribution is 7.84. The van der Waals surface area contributed by atoms with E-state index in [0.717, 1.165) is 31.2 Å². The molecule has 3 N–H and O–H groups in total. The monoisotopic (exact) mass is 336 g/mol. The summed E-state index contributed by atoms with van der Waals surface area (Å²) in [4.78, 5) is 23.0. The smallest absolute Gasteiger partial charge is 0.248 e. The molecule has 2 amide bonds. The lowest BCUT2D eigenvalue weighted by Gasteiger charge is -2.16. The average Bonchev–Trinajstić information content (AvgIpc) is 2.76. The van der Waals surface area contributed by atoms with Crippen molar-refractivity contribution in [2.45, 2.75) is 50.3 Å². The maximum absolute atomic E-state index is 12.1. The maximum atomic E-state index is 12.1. The third-order valence-electron chi connectivity index (χ3n) is 4.08. The van der Waals surface area contributed by atoms with Crippen molar-refractivity contribution >= 4 is 22.6 Å². The molecular formula is C17H24N2O3S. The maximum Gasteiger partial charge on any atom is 0.248 e. The summed E-state index contributed by atoms with van der Waals surface area (Å²) in [6.07, 6.45) is 6.82. The summed E-state index contributed by atoms with van der Waals surface area (Å²) in [5, 5.41) is 3.01. The highest BCUT2D eigenvalue weighted by atomic mass is 32.2. The van der Waals surface area contributed by atoms with Crippen LogP contribution in [-0.2, 0) is 21.3 Å². The minimum atomic E-state index is -1.26. The molecule has 0 heterocycles. The fourth-order valence-electron chi connectivity index (χ4n) is 2.84. The third-order valence-corrected chi connectivity index (χ3v) is 5.32. The molecule has 1 aliphatic rings. The first-order valence-electron chi connectivity index (χ1n) is 8.07. The van der Waals surface area contributed by atoms with Crippen LogP contribution in [0, 0.1) is 0 Å². The average molecular weight is 336 g/mol. The van der Waals surface area contributed by atoms with Crippen LogP contribution in [0.15, 0.2) is 24.3 Å². The number of benzene rings is 1. The number of carbonyl (C=O) groups excluding carboxylic acids is 2. The van der Waals surface area contributed by atoms with Crippen LogP contribution in [0.5, 0.6) is 0 Å². The van der Waals surface area contributed by atoms with Crippen molar-refractivity contribution in [1.82, 2.24) is 5.32 Å². The predicted molar refractivity (Wildman–Crippen MR) is 91.3 cm³/mol. The van der Waals surface area contributed by atoms with Crippen molar-refractivity contribution in [2.24, 2.45) is 5.73 Å². The first kappa shape index (κ1) is 17.7. The number of hydrogen-bond acceptors (Lipinski definition) is 3. The Morgan fingerprint density at radius 1 is 1.09 bits per heavy atom. The summed E-state index contributed by atoms with van der Waals surface area (Å²) in [7, 11) is -1.26. The van der Waals surface area contributed by atoms with Crippen LogP contribution in [-0.4, -0.2) is 27.8 Å². The van der Waals surface area contributed by atoms with E-state index in [-0.39, 0.29) is 17.7 Å². The fraction of sp³-hybridized carbons (Fsp3) is 0.529. The molecule has 1 fully saturated rings. The van der Waals surface area contributed by atoms with Gasteiger partial charge < -0.3 is 11.1 Å². The van der Waals surface area contributed by atoms with Gasteiger partial charge in [-0.15, -0.1) is 0 Å². The van der Waals surface area contributed by atoms with E-state index in [1.807, 2.05) is 0 Å². The molecular weight excluding hydrogens is 312 g/mol. The summed E-state index contributed by atoms with van der Waals surface area (Å²) in [6.45, 7) is 0. The zero-order valence-corrected chi connectivity index (χ0v) is 14.1. The van der Waals surface area contributed by atoms with Crippen LogP contribution < -0.4 is 11.1 Å². The topological polar surface area (TPSA) is 89.3 Å². The SMILES string of the molecule is NC(=O)c1ccc(C[S@@](=O)CC(=O)NC2CCCCCC2)cc1. The largest absolute Gasteiger partial charge is 0.366 e. The molecule has 2 rings (SSSR count). The molecule has 0 unspecified atom stereocenters. The van der Waals surface area contributed by atoms with Crippen molar-refractivity contribution in [3.63, 3.8) is 0 Å². The summed E-state index contributed by atoms with van der Waals surface area (Å²) >= 11 is 0.